The van der Waals surface area contributed by atoms with Gasteiger partial charge in [0.25, 0.3) is 0 Å². The van der Waals surface area contributed by atoms with Crippen LogP contribution < -0.4 is 5.43 Å². The number of fused-ring (bicyclic) bond motifs is 2. The second-order valence-electron chi connectivity index (χ2n) is 5.20. The SMILES string of the molecule is CCOC(=O)c1cc2c(=O)c3cc(Cl)ccc3oc2nc1CC(=O)O. The Balaban J connectivity index is 2.34. The summed E-state index contributed by atoms with van der Waals surface area (Å²) in [6, 6.07) is 5.79. The second-order valence-corrected chi connectivity index (χ2v) is 5.63. The molecule has 0 saturated carbocycles. The smallest absolute Gasteiger partial charge is 0.340 e. The number of ether oxygens (including phenoxy) is 1. The molecule has 1 N–H and O–H groups in total. The van der Waals surface area contributed by atoms with Crippen molar-refractivity contribution in [2.45, 2.75) is 13.3 Å². The van der Waals surface area contributed by atoms with Gasteiger partial charge in [0.1, 0.15) is 5.58 Å². The molecule has 3 rings (SSSR count). The Morgan fingerprint density at radius 3 is 2.72 bits per heavy atom. The summed E-state index contributed by atoms with van der Waals surface area (Å²) in [5.41, 5.74) is -0.317. The number of halogens is 1. The van der Waals surface area contributed by atoms with Gasteiger partial charge < -0.3 is 14.3 Å². The molecule has 0 aliphatic heterocycles. The number of aliphatic carboxylic acids is 1. The molecule has 128 valence electrons. The molecule has 0 amide bonds. The van der Waals surface area contributed by atoms with Crippen LogP contribution in [0, 0.1) is 0 Å². The lowest BCUT2D eigenvalue weighted by Gasteiger charge is -2.08. The normalized spacial score (nSPS) is 11.0. The molecule has 2 heterocycles. The van der Waals surface area contributed by atoms with Crippen LogP contribution in [0.15, 0.2) is 33.5 Å². The predicted molar refractivity (Wildman–Crippen MR) is 90.1 cm³/mol. The molecule has 2 aromatic heterocycles. The van der Waals surface area contributed by atoms with Crippen LogP contribution in [-0.4, -0.2) is 28.6 Å². The van der Waals surface area contributed by atoms with Crippen LogP contribution in [0.25, 0.3) is 22.1 Å². The van der Waals surface area contributed by atoms with Crippen LogP contribution in [0.1, 0.15) is 23.0 Å². The first kappa shape index (κ1) is 16.9. The summed E-state index contributed by atoms with van der Waals surface area (Å²) in [4.78, 5) is 39.9. The fourth-order valence-electron chi connectivity index (χ4n) is 2.45. The lowest BCUT2D eigenvalue weighted by Crippen LogP contribution is -2.15. The number of carboxylic acids is 1. The Bertz CT molecular complexity index is 1070. The van der Waals surface area contributed by atoms with Gasteiger partial charge in [0.15, 0.2) is 0 Å². The summed E-state index contributed by atoms with van der Waals surface area (Å²) in [6.45, 7) is 1.72. The van der Waals surface area contributed by atoms with E-state index in [9.17, 15) is 14.4 Å². The van der Waals surface area contributed by atoms with E-state index in [1.807, 2.05) is 0 Å². The fourth-order valence-corrected chi connectivity index (χ4v) is 2.63. The third kappa shape index (κ3) is 3.18. The molecule has 0 saturated heterocycles. The monoisotopic (exact) mass is 361 g/mol. The quantitative estimate of drug-likeness (QED) is 0.562. The van der Waals surface area contributed by atoms with Crippen LogP contribution in [-0.2, 0) is 16.0 Å². The first-order valence-corrected chi connectivity index (χ1v) is 7.73. The highest BCUT2D eigenvalue weighted by atomic mass is 35.5. The minimum Gasteiger partial charge on any atom is -0.481 e. The number of carbonyl (C=O) groups excluding carboxylic acids is 1. The third-order valence-electron chi connectivity index (χ3n) is 3.52. The minimum atomic E-state index is -1.17. The van der Waals surface area contributed by atoms with Crippen LogP contribution in [0.4, 0.5) is 0 Å². The second kappa shape index (κ2) is 6.52. The predicted octanol–water partition coefficient (Wildman–Crippen LogP) is 2.80. The number of benzene rings is 1. The maximum atomic E-state index is 12.7. The average Bonchev–Trinajstić information content (AvgIpc) is 2.55. The summed E-state index contributed by atoms with van der Waals surface area (Å²) < 4.78 is 10.5. The van der Waals surface area contributed by atoms with Gasteiger partial charge in [-0.2, -0.15) is 0 Å². The molecule has 3 aromatic rings. The summed E-state index contributed by atoms with van der Waals surface area (Å²) >= 11 is 5.91. The molecule has 1 aromatic carbocycles. The highest BCUT2D eigenvalue weighted by molar-refractivity contribution is 6.31. The number of nitrogens with zero attached hydrogens (tertiary/aromatic N) is 1. The van der Waals surface area contributed by atoms with Crippen LogP contribution in [0.2, 0.25) is 5.02 Å². The molecular weight excluding hydrogens is 350 g/mol. The Morgan fingerprint density at radius 2 is 2.04 bits per heavy atom. The largest absolute Gasteiger partial charge is 0.481 e. The Kier molecular flexibility index (Phi) is 4.41. The zero-order valence-electron chi connectivity index (χ0n) is 13.0. The molecule has 0 unspecified atom stereocenters. The maximum absolute atomic E-state index is 12.7. The van der Waals surface area contributed by atoms with Gasteiger partial charge in [-0.05, 0) is 31.2 Å². The van der Waals surface area contributed by atoms with E-state index in [4.69, 9.17) is 25.9 Å². The zero-order chi connectivity index (χ0) is 18.1. The number of carbonyl (C=O) groups is 2. The van der Waals surface area contributed by atoms with E-state index in [1.165, 1.54) is 18.2 Å². The van der Waals surface area contributed by atoms with E-state index in [0.717, 1.165) is 0 Å². The van der Waals surface area contributed by atoms with Gasteiger partial charge in [-0.3, -0.25) is 9.59 Å². The zero-order valence-corrected chi connectivity index (χ0v) is 13.8. The van der Waals surface area contributed by atoms with Crippen molar-refractivity contribution >= 4 is 45.6 Å². The van der Waals surface area contributed by atoms with Gasteiger partial charge in [0, 0.05) is 5.02 Å². The minimum absolute atomic E-state index is 0.0325. The number of aromatic nitrogens is 1. The average molecular weight is 362 g/mol. The molecular formula is C17H12ClNO6. The van der Waals surface area contributed by atoms with E-state index in [0.29, 0.717) is 5.02 Å². The lowest BCUT2D eigenvalue weighted by atomic mass is 10.1. The van der Waals surface area contributed by atoms with E-state index in [-0.39, 0.29) is 39.9 Å². The number of carboxylic acid groups (broad SMARTS) is 1. The van der Waals surface area contributed by atoms with Crippen molar-refractivity contribution in [1.82, 2.24) is 4.98 Å². The van der Waals surface area contributed by atoms with Gasteiger partial charge in [-0.15, -0.1) is 0 Å². The van der Waals surface area contributed by atoms with Crippen molar-refractivity contribution in [2.24, 2.45) is 0 Å². The molecule has 7 nitrogen and oxygen atoms in total. The molecule has 0 radical (unpaired) electrons. The van der Waals surface area contributed by atoms with E-state index < -0.39 is 23.8 Å². The van der Waals surface area contributed by atoms with Crippen molar-refractivity contribution in [3.8, 4) is 0 Å². The Labute approximate surface area is 145 Å². The lowest BCUT2D eigenvalue weighted by molar-refractivity contribution is -0.136. The first-order chi connectivity index (χ1) is 11.9. The highest BCUT2D eigenvalue weighted by Crippen LogP contribution is 2.23. The summed E-state index contributed by atoms with van der Waals surface area (Å²) in [6.07, 6.45) is -0.507. The molecule has 8 heteroatoms. The molecule has 0 atom stereocenters. The molecule has 0 aliphatic carbocycles. The summed E-state index contributed by atoms with van der Waals surface area (Å²) in [5.74, 6) is -1.92. The van der Waals surface area contributed by atoms with Gasteiger partial charge in [0.2, 0.25) is 11.1 Å². The van der Waals surface area contributed by atoms with Crippen molar-refractivity contribution in [3.05, 3.63) is 50.8 Å². The molecule has 0 spiro atoms. The van der Waals surface area contributed by atoms with Crippen LogP contribution in [0.5, 0.6) is 0 Å². The van der Waals surface area contributed by atoms with Crippen molar-refractivity contribution in [3.63, 3.8) is 0 Å². The molecule has 0 aliphatic rings. The van der Waals surface area contributed by atoms with Crippen LogP contribution >= 0.6 is 11.6 Å². The molecule has 0 fully saturated rings. The van der Waals surface area contributed by atoms with Crippen molar-refractivity contribution < 1.29 is 23.8 Å². The van der Waals surface area contributed by atoms with E-state index >= 15 is 0 Å². The number of pyridine rings is 1. The van der Waals surface area contributed by atoms with Crippen molar-refractivity contribution in [2.75, 3.05) is 6.61 Å². The van der Waals surface area contributed by atoms with Gasteiger partial charge in [0.05, 0.1) is 35.1 Å². The van der Waals surface area contributed by atoms with E-state index in [2.05, 4.69) is 4.98 Å². The number of esters is 1. The van der Waals surface area contributed by atoms with Gasteiger partial charge in [-0.1, -0.05) is 11.6 Å². The third-order valence-corrected chi connectivity index (χ3v) is 3.75. The Morgan fingerprint density at radius 1 is 1.28 bits per heavy atom. The standard InChI is InChI=1S/C17H12ClNO6/c1-2-24-17(23)9-6-11-15(22)10-5-8(18)3-4-13(10)25-16(11)19-12(9)7-14(20)21/h3-6H,2,7H2,1H3,(H,20,21). The van der Waals surface area contributed by atoms with E-state index in [1.54, 1.807) is 13.0 Å². The highest BCUT2D eigenvalue weighted by Gasteiger charge is 2.20. The summed E-state index contributed by atoms with van der Waals surface area (Å²) in [5, 5.41) is 9.68. The molecule has 25 heavy (non-hydrogen) atoms. The van der Waals surface area contributed by atoms with Crippen molar-refractivity contribution in [1.29, 1.82) is 0 Å². The number of rotatable bonds is 4. The first-order valence-electron chi connectivity index (χ1n) is 7.35. The molecule has 0 bridgehead atoms. The maximum Gasteiger partial charge on any atom is 0.340 e. The number of hydrogen-bond donors (Lipinski definition) is 1. The van der Waals surface area contributed by atoms with Gasteiger partial charge >= 0.3 is 11.9 Å². The van der Waals surface area contributed by atoms with Crippen LogP contribution in [0.3, 0.4) is 0 Å². The summed E-state index contributed by atoms with van der Waals surface area (Å²) in [7, 11) is 0. The van der Waals surface area contributed by atoms with Gasteiger partial charge in [-0.25, -0.2) is 9.78 Å². The Hall–Kier alpha value is -2.93. The topological polar surface area (TPSA) is 107 Å². The number of hydrogen-bond acceptors (Lipinski definition) is 6. The fraction of sp³-hybridized carbons (Fsp3) is 0.176.